The summed E-state index contributed by atoms with van der Waals surface area (Å²) >= 11 is 0. The van der Waals surface area contributed by atoms with Crippen LogP contribution in [-0.2, 0) is 14.3 Å². The van der Waals surface area contributed by atoms with Gasteiger partial charge in [0.2, 0.25) is 5.91 Å². The van der Waals surface area contributed by atoms with Crippen LogP contribution in [0.1, 0.15) is 46.0 Å². The second kappa shape index (κ2) is 6.08. The summed E-state index contributed by atoms with van der Waals surface area (Å²) in [5, 5.41) is 0. The quantitative estimate of drug-likeness (QED) is 0.586. The van der Waals surface area contributed by atoms with Crippen LogP contribution in [0.5, 0.6) is 0 Å². The minimum atomic E-state index is -0.918. The lowest BCUT2D eigenvalue weighted by Gasteiger charge is -2.36. The van der Waals surface area contributed by atoms with E-state index in [1.165, 1.54) is 0 Å². The Kier molecular flexibility index (Phi) is 4.63. The Morgan fingerprint density at radius 1 is 1.50 bits per heavy atom. The van der Waals surface area contributed by atoms with Crippen molar-refractivity contribution in [3.05, 3.63) is 11.6 Å². The van der Waals surface area contributed by atoms with Gasteiger partial charge in [-0.15, -0.1) is 0 Å². The summed E-state index contributed by atoms with van der Waals surface area (Å²) in [6.07, 6.45) is 5.72. The van der Waals surface area contributed by atoms with Gasteiger partial charge in [0.25, 0.3) is 0 Å². The summed E-state index contributed by atoms with van der Waals surface area (Å²) in [5.74, 6) is 0.0715. The van der Waals surface area contributed by atoms with Crippen LogP contribution in [0.3, 0.4) is 0 Å². The molecule has 1 amide bonds. The molecule has 1 aliphatic heterocycles. The number of ketones is 1. The number of carbonyl (C=O) groups is 2. The van der Waals surface area contributed by atoms with Gasteiger partial charge in [-0.05, 0) is 32.6 Å². The highest BCUT2D eigenvalue weighted by Gasteiger charge is 2.47. The number of likely N-dealkylation sites (tertiary alicyclic amines) is 1. The number of methoxy groups -OCH3 is 1. The van der Waals surface area contributed by atoms with Gasteiger partial charge in [-0.25, -0.2) is 0 Å². The first-order valence-corrected chi connectivity index (χ1v) is 7.56. The molecule has 0 N–H and O–H groups in total. The second-order valence-electron chi connectivity index (χ2n) is 5.99. The molecule has 0 radical (unpaired) electrons. The predicted octanol–water partition coefficient (Wildman–Crippen LogP) is 2.33. The Morgan fingerprint density at radius 3 is 2.90 bits per heavy atom. The van der Waals surface area contributed by atoms with E-state index in [9.17, 15) is 9.59 Å². The standard InChI is InChI=1S/C16H25NO3/c1-4-16(10-12(2)7-8-14(16)18)15(19)17-9-5-6-13(17)11-20-3/h10,13H,4-9,11H2,1-3H3/t13-,16+/m0/s1. The van der Waals surface area contributed by atoms with Gasteiger partial charge in [-0.2, -0.15) is 0 Å². The third-order valence-electron chi connectivity index (χ3n) is 4.67. The zero-order chi connectivity index (χ0) is 14.8. The van der Waals surface area contributed by atoms with Crippen molar-refractivity contribution >= 4 is 11.7 Å². The molecular weight excluding hydrogens is 254 g/mol. The van der Waals surface area contributed by atoms with Crippen molar-refractivity contribution < 1.29 is 14.3 Å². The molecule has 0 spiro atoms. The first-order valence-electron chi connectivity index (χ1n) is 7.56. The van der Waals surface area contributed by atoms with E-state index >= 15 is 0 Å². The lowest BCUT2D eigenvalue weighted by atomic mass is 9.72. The normalized spacial score (nSPS) is 30.6. The van der Waals surface area contributed by atoms with Crippen molar-refractivity contribution in [3.63, 3.8) is 0 Å². The van der Waals surface area contributed by atoms with Crippen LogP contribution in [0.15, 0.2) is 11.6 Å². The summed E-state index contributed by atoms with van der Waals surface area (Å²) in [5.41, 5.74) is 0.237. The van der Waals surface area contributed by atoms with Crippen molar-refractivity contribution in [1.29, 1.82) is 0 Å². The fourth-order valence-electron chi connectivity index (χ4n) is 3.46. The molecule has 2 rings (SSSR count). The van der Waals surface area contributed by atoms with E-state index in [0.29, 0.717) is 19.4 Å². The Hall–Kier alpha value is -1.16. The Labute approximate surface area is 121 Å². The lowest BCUT2D eigenvalue weighted by Crippen LogP contribution is -2.51. The molecule has 1 heterocycles. The molecule has 0 bridgehead atoms. The molecule has 0 aromatic rings. The highest BCUT2D eigenvalue weighted by atomic mass is 16.5. The number of Topliss-reactive ketones (excluding diaryl/α,β-unsaturated/α-hetero) is 1. The molecule has 112 valence electrons. The van der Waals surface area contributed by atoms with Crippen LogP contribution in [-0.4, -0.2) is 42.9 Å². The minimum Gasteiger partial charge on any atom is -0.383 e. The number of ether oxygens (including phenoxy) is 1. The fraction of sp³-hybridized carbons (Fsp3) is 0.750. The number of amides is 1. The van der Waals surface area contributed by atoms with E-state index in [1.807, 2.05) is 24.8 Å². The maximum Gasteiger partial charge on any atom is 0.240 e. The Balaban J connectivity index is 2.29. The Bertz CT molecular complexity index is 429. The van der Waals surface area contributed by atoms with Crippen LogP contribution < -0.4 is 0 Å². The van der Waals surface area contributed by atoms with Crippen molar-refractivity contribution in [2.24, 2.45) is 5.41 Å². The maximum absolute atomic E-state index is 13.0. The van der Waals surface area contributed by atoms with Gasteiger partial charge in [0, 0.05) is 20.1 Å². The van der Waals surface area contributed by atoms with Crippen molar-refractivity contribution in [2.75, 3.05) is 20.3 Å². The van der Waals surface area contributed by atoms with Crippen LogP contribution in [0.2, 0.25) is 0 Å². The summed E-state index contributed by atoms with van der Waals surface area (Å²) in [6.45, 7) is 5.25. The van der Waals surface area contributed by atoms with Gasteiger partial charge in [-0.1, -0.05) is 18.6 Å². The van der Waals surface area contributed by atoms with Gasteiger partial charge >= 0.3 is 0 Å². The van der Waals surface area contributed by atoms with Crippen LogP contribution in [0.25, 0.3) is 0 Å². The molecule has 0 unspecified atom stereocenters. The van der Waals surface area contributed by atoms with Gasteiger partial charge in [0.1, 0.15) is 5.41 Å². The number of carbonyl (C=O) groups excluding carboxylic acids is 2. The molecule has 4 heteroatoms. The summed E-state index contributed by atoms with van der Waals surface area (Å²) < 4.78 is 5.21. The smallest absolute Gasteiger partial charge is 0.240 e. The Morgan fingerprint density at radius 2 is 2.25 bits per heavy atom. The largest absolute Gasteiger partial charge is 0.383 e. The number of nitrogens with zero attached hydrogens (tertiary/aromatic N) is 1. The van der Waals surface area contributed by atoms with E-state index in [4.69, 9.17) is 4.74 Å². The first-order chi connectivity index (χ1) is 9.55. The molecule has 0 saturated carbocycles. The van der Waals surface area contributed by atoms with Crippen LogP contribution >= 0.6 is 0 Å². The number of hydrogen-bond donors (Lipinski definition) is 0. The van der Waals surface area contributed by atoms with Crippen LogP contribution in [0.4, 0.5) is 0 Å². The third kappa shape index (κ3) is 2.53. The fourth-order valence-corrected chi connectivity index (χ4v) is 3.46. The molecule has 2 aliphatic rings. The predicted molar refractivity (Wildman–Crippen MR) is 77.3 cm³/mol. The number of rotatable bonds is 4. The minimum absolute atomic E-state index is 0.0106. The molecule has 1 aliphatic carbocycles. The van der Waals surface area contributed by atoms with E-state index in [2.05, 4.69) is 0 Å². The molecule has 0 aromatic carbocycles. The molecule has 20 heavy (non-hydrogen) atoms. The number of hydrogen-bond acceptors (Lipinski definition) is 3. The molecular formula is C16H25NO3. The van der Waals surface area contributed by atoms with Crippen molar-refractivity contribution in [2.45, 2.75) is 52.0 Å². The molecule has 1 fully saturated rings. The molecule has 2 atom stereocenters. The zero-order valence-corrected chi connectivity index (χ0v) is 12.8. The molecule has 4 nitrogen and oxygen atoms in total. The van der Waals surface area contributed by atoms with E-state index in [-0.39, 0.29) is 17.7 Å². The highest BCUT2D eigenvalue weighted by molar-refractivity contribution is 6.09. The maximum atomic E-state index is 13.0. The van der Waals surface area contributed by atoms with Gasteiger partial charge in [0.05, 0.1) is 12.6 Å². The average molecular weight is 279 g/mol. The highest BCUT2D eigenvalue weighted by Crippen LogP contribution is 2.38. The van der Waals surface area contributed by atoms with Gasteiger partial charge in [-0.3, -0.25) is 9.59 Å². The third-order valence-corrected chi connectivity index (χ3v) is 4.67. The zero-order valence-electron chi connectivity index (χ0n) is 12.8. The van der Waals surface area contributed by atoms with Gasteiger partial charge < -0.3 is 9.64 Å². The topological polar surface area (TPSA) is 46.6 Å². The average Bonchev–Trinajstić information content (AvgIpc) is 2.89. The summed E-state index contributed by atoms with van der Waals surface area (Å²) in [6, 6.07) is 0.124. The summed E-state index contributed by atoms with van der Waals surface area (Å²) in [7, 11) is 1.66. The number of allylic oxidation sites excluding steroid dienone is 1. The SMILES string of the molecule is CC[C@@]1(C(=O)N2CCC[C@H]2COC)C=C(C)CCC1=O. The molecule has 1 saturated heterocycles. The van der Waals surface area contributed by atoms with Gasteiger partial charge in [0.15, 0.2) is 5.78 Å². The van der Waals surface area contributed by atoms with Crippen molar-refractivity contribution in [3.8, 4) is 0 Å². The van der Waals surface area contributed by atoms with E-state index in [0.717, 1.165) is 31.4 Å². The second-order valence-corrected chi connectivity index (χ2v) is 5.99. The summed E-state index contributed by atoms with van der Waals surface area (Å²) in [4.78, 5) is 27.3. The van der Waals surface area contributed by atoms with E-state index in [1.54, 1.807) is 7.11 Å². The van der Waals surface area contributed by atoms with Crippen molar-refractivity contribution in [1.82, 2.24) is 4.90 Å². The molecule has 0 aromatic heterocycles. The van der Waals surface area contributed by atoms with Crippen LogP contribution in [0, 0.1) is 5.41 Å². The monoisotopic (exact) mass is 279 g/mol. The first kappa shape index (κ1) is 15.2. The lowest BCUT2D eigenvalue weighted by molar-refractivity contribution is -0.148. The van der Waals surface area contributed by atoms with E-state index < -0.39 is 5.41 Å².